The van der Waals surface area contributed by atoms with Crippen molar-refractivity contribution >= 4 is 21.6 Å². The number of nitrogens with zero attached hydrogens (tertiary/aromatic N) is 1. The van der Waals surface area contributed by atoms with E-state index in [-0.39, 0.29) is 29.6 Å². The summed E-state index contributed by atoms with van der Waals surface area (Å²) in [4.78, 5) is 19.2. The summed E-state index contributed by atoms with van der Waals surface area (Å²) in [7, 11) is -2.20. The molecule has 0 saturated heterocycles. The number of hydrogen-bond donors (Lipinski definition) is 3. The van der Waals surface area contributed by atoms with E-state index in [9.17, 15) is 13.2 Å². The number of aliphatic hydroxyl groups excluding tert-OH is 1. The highest BCUT2D eigenvalue weighted by atomic mass is 32.2. The fourth-order valence-electron chi connectivity index (χ4n) is 4.92. The molecule has 236 valence electrons. The Hall–Kier alpha value is -3.93. The average Bonchev–Trinajstić information content (AvgIpc) is 3.45. The van der Waals surface area contributed by atoms with Gasteiger partial charge in [-0.05, 0) is 60.5 Å². The summed E-state index contributed by atoms with van der Waals surface area (Å²) < 4.78 is 44.4. The first-order valence-electron chi connectivity index (χ1n) is 14.9. The Bertz CT molecular complexity index is 1500. The summed E-state index contributed by atoms with van der Waals surface area (Å²) in [6.07, 6.45) is 2.32. The van der Waals surface area contributed by atoms with Gasteiger partial charge in [0.25, 0.3) is 5.91 Å². The lowest BCUT2D eigenvalue weighted by Crippen LogP contribution is -2.53. The van der Waals surface area contributed by atoms with Crippen LogP contribution >= 0.6 is 0 Å². The van der Waals surface area contributed by atoms with Gasteiger partial charge in [-0.25, -0.2) is 18.8 Å². The molecule has 10 nitrogen and oxygen atoms in total. The quantitative estimate of drug-likeness (QED) is 0.149. The van der Waals surface area contributed by atoms with E-state index in [1.54, 1.807) is 79.9 Å². The van der Waals surface area contributed by atoms with Gasteiger partial charge in [0.15, 0.2) is 21.5 Å². The summed E-state index contributed by atoms with van der Waals surface area (Å²) in [5.41, 5.74) is 5.38. The first-order valence-corrected chi connectivity index (χ1v) is 16.5. The number of carbonyl (C=O) groups excluding carboxylic acids is 1. The zero-order valence-corrected chi connectivity index (χ0v) is 26.0. The van der Waals surface area contributed by atoms with Crippen molar-refractivity contribution in [2.75, 3.05) is 32.6 Å². The van der Waals surface area contributed by atoms with Crippen LogP contribution in [0.4, 0.5) is 0 Å². The van der Waals surface area contributed by atoms with Crippen LogP contribution in [0.2, 0.25) is 0 Å². The number of nitrogens with one attached hydrogen (secondary N) is 2. The second kappa shape index (κ2) is 15.7. The zero-order chi connectivity index (χ0) is 31.4. The number of amides is 1. The van der Waals surface area contributed by atoms with Crippen molar-refractivity contribution in [3.05, 3.63) is 90.0 Å². The minimum Gasteiger partial charge on any atom is -0.497 e. The average molecular weight is 624 g/mol. The number of unbranched alkanes of at least 4 members (excludes halogenated alkanes) is 2. The van der Waals surface area contributed by atoms with Crippen LogP contribution in [0, 0.1) is 0 Å². The number of rotatable bonds is 17. The van der Waals surface area contributed by atoms with Gasteiger partial charge in [-0.3, -0.25) is 10.2 Å². The van der Waals surface area contributed by atoms with E-state index >= 15 is 0 Å². The number of aliphatic imine (C=N–C) groups is 1. The number of hydrazine groups is 1. The summed E-state index contributed by atoms with van der Waals surface area (Å²) in [5, 5.41) is 9.03. The molecule has 0 aromatic heterocycles. The SMILES string of the molecule is CCCCCNNC(=O)[C@@]1(CCS(=O)(=O)c2ccccc2)N=C(c2ccc(OCCCO)cc2)O[C@H]1c1cccc(OC)c1. The fourth-order valence-corrected chi connectivity index (χ4v) is 6.31. The Morgan fingerprint density at radius 3 is 2.48 bits per heavy atom. The molecule has 0 spiro atoms. The molecule has 0 bridgehead atoms. The molecule has 44 heavy (non-hydrogen) atoms. The molecule has 0 unspecified atom stereocenters. The van der Waals surface area contributed by atoms with Gasteiger partial charge in [-0.1, -0.05) is 50.1 Å². The lowest BCUT2D eigenvalue weighted by Gasteiger charge is -2.30. The third-order valence-corrected chi connectivity index (χ3v) is 9.12. The first kappa shape index (κ1) is 33.0. The van der Waals surface area contributed by atoms with Crippen molar-refractivity contribution in [2.24, 2.45) is 4.99 Å². The number of hydrogen-bond acceptors (Lipinski definition) is 9. The predicted molar refractivity (Wildman–Crippen MR) is 169 cm³/mol. The van der Waals surface area contributed by atoms with Crippen molar-refractivity contribution in [3.8, 4) is 11.5 Å². The van der Waals surface area contributed by atoms with E-state index in [0.29, 0.717) is 42.2 Å². The number of sulfone groups is 1. The normalized spacial score (nSPS) is 17.9. The van der Waals surface area contributed by atoms with Crippen LogP contribution in [0.1, 0.15) is 56.3 Å². The zero-order valence-electron chi connectivity index (χ0n) is 25.2. The summed E-state index contributed by atoms with van der Waals surface area (Å²) in [5.74, 6) is 0.549. The van der Waals surface area contributed by atoms with Gasteiger partial charge in [0.05, 0.1) is 24.4 Å². The maximum Gasteiger partial charge on any atom is 0.266 e. The van der Waals surface area contributed by atoms with E-state index in [2.05, 4.69) is 17.8 Å². The minimum absolute atomic E-state index is 0.0337. The molecule has 2 atom stereocenters. The standard InChI is InChI=1S/C33H41N3O7S/c1-3-4-8-20-34-36-32(38)33(19-23-44(39,40)29-13-6-5-7-14-29)30(26-11-9-12-28(24-26)41-2)43-31(35-33)25-15-17-27(18-16-25)42-22-10-21-37/h5-7,9,11-18,24,30,34,37H,3-4,8,10,19-23H2,1-2H3,(H,36,38)/t30-,33-/m0/s1. The monoisotopic (exact) mass is 623 g/mol. The van der Waals surface area contributed by atoms with Gasteiger partial charge in [-0.2, -0.15) is 0 Å². The third kappa shape index (κ3) is 8.16. The maximum atomic E-state index is 14.1. The molecule has 1 aliphatic rings. The van der Waals surface area contributed by atoms with Crippen molar-refractivity contribution in [2.45, 2.75) is 55.6 Å². The smallest absolute Gasteiger partial charge is 0.266 e. The first-order chi connectivity index (χ1) is 21.3. The molecule has 3 aromatic carbocycles. The second-order valence-corrected chi connectivity index (χ2v) is 12.6. The topological polar surface area (TPSA) is 136 Å². The molecule has 0 fully saturated rings. The predicted octanol–water partition coefficient (Wildman–Crippen LogP) is 4.39. The van der Waals surface area contributed by atoms with Crippen LogP contribution in [0.15, 0.2) is 88.8 Å². The highest BCUT2D eigenvalue weighted by molar-refractivity contribution is 7.91. The molecule has 1 aliphatic heterocycles. The number of carbonyl (C=O) groups is 1. The Morgan fingerprint density at radius 2 is 1.77 bits per heavy atom. The van der Waals surface area contributed by atoms with E-state index < -0.39 is 27.4 Å². The number of ether oxygens (including phenoxy) is 3. The van der Waals surface area contributed by atoms with Crippen LogP contribution in [0.25, 0.3) is 0 Å². The van der Waals surface area contributed by atoms with E-state index in [1.165, 1.54) is 0 Å². The van der Waals surface area contributed by atoms with Gasteiger partial charge in [0.2, 0.25) is 5.90 Å². The Kier molecular flexibility index (Phi) is 11.8. The van der Waals surface area contributed by atoms with Crippen LogP contribution in [-0.4, -0.2) is 63.5 Å². The molecular weight excluding hydrogens is 582 g/mol. The van der Waals surface area contributed by atoms with E-state index in [0.717, 1.165) is 19.3 Å². The molecular formula is C33H41N3O7S. The van der Waals surface area contributed by atoms with Gasteiger partial charge >= 0.3 is 0 Å². The summed E-state index contributed by atoms with van der Waals surface area (Å²) in [6, 6.07) is 22.4. The van der Waals surface area contributed by atoms with Crippen LogP contribution < -0.4 is 20.3 Å². The van der Waals surface area contributed by atoms with Crippen LogP contribution in [-0.2, 0) is 19.4 Å². The molecule has 3 N–H and O–H groups in total. The van der Waals surface area contributed by atoms with Crippen molar-refractivity contribution in [3.63, 3.8) is 0 Å². The highest BCUT2D eigenvalue weighted by Gasteiger charge is 2.53. The highest BCUT2D eigenvalue weighted by Crippen LogP contribution is 2.43. The minimum atomic E-state index is -3.75. The number of methoxy groups -OCH3 is 1. The number of benzene rings is 3. The van der Waals surface area contributed by atoms with Gasteiger partial charge in [0.1, 0.15) is 11.5 Å². The molecule has 4 rings (SSSR count). The lowest BCUT2D eigenvalue weighted by molar-refractivity contribution is -0.130. The summed E-state index contributed by atoms with van der Waals surface area (Å²) >= 11 is 0. The number of aliphatic hydroxyl groups is 1. The Labute approximate surface area is 259 Å². The van der Waals surface area contributed by atoms with Gasteiger partial charge in [-0.15, -0.1) is 0 Å². The van der Waals surface area contributed by atoms with Crippen LogP contribution in [0.5, 0.6) is 11.5 Å². The van der Waals surface area contributed by atoms with Gasteiger partial charge < -0.3 is 19.3 Å². The molecule has 0 aliphatic carbocycles. The Balaban J connectivity index is 1.74. The summed E-state index contributed by atoms with van der Waals surface area (Å²) in [6.45, 7) is 3.05. The maximum absolute atomic E-state index is 14.1. The van der Waals surface area contributed by atoms with Crippen molar-refractivity contribution in [1.82, 2.24) is 10.9 Å². The van der Waals surface area contributed by atoms with Gasteiger partial charge in [0, 0.05) is 31.6 Å². The molecule has 0 saturated carbocycles. The van der Waals surface area contributed by atoms with Crippen molar-refractivity contribution in [1.29, 1.82) is 0 Å². The van der Waals surface area contributed by atoms with Crippen LogP contribution in [0.3, 0.4) is 0 Å². The largest absolute Gasteiger partial charge is 0.497 e. The molecule has 11 heteroatoms. The van der Waals surface area contributed by atoms with Crippen molar-refractivity contribution < 1.29 is 32.5 Å². The van der Waals surface area contributed by atoms with E-state index in [1.807, 2.05) is 6.07 Å². The molecule has 3 aromatic rings. The molecule has 1 amide bonds. The third-order valence-electron chi connectivity index (χ3n) is 7.39. The molecule has 1 heterocycles. The molecule has 0 radical (unpaired) electrons. The fraction of sp³-hybridized carbons (Fsp3) is 0.394. The second-order valence-electron chi connectivity index (χ2n) is 10.5. The lowest BCUT2D eigenvalue weighted by atomic mass is 9.85. The Morgan fingerprint density at radius 1 is 1.00 bits per heavy atom. The van der Waals surface area contributed by atoms with E-state index in [4.69, 9.17) is 24.3 Å².